The standard InChI is InChI=1S/C11H22N2OS/c1-9(6-14-4)5-12-10-13-7-11(2,3)8-15-10/h9H,5-8H2,1-4H3,(H,12,13). The van der Waals surface area contributed by atoms with Crippen LogP contribution in [0, 0.1) is 11.3 Å². The van der Waals surface area contributed by atoms with Crippen molar-refractivity contribution >= 4 is 16.9 Å². The van der Waals surface area contributed by atoms with Crippen molar-refractivity contribution in [2.75, 3.05) is 32.6 Å². The third kappa shape index (κ3) is 4.89. The summed E-state index contributed by atoms with van der Waals surface area (Å²) in [6.07, 6.45) is 0. The number of aliphatic imine (C=N–C) groups is 1. The van der Waals surface area contributed by atoms with Crippen molar-refractivity contribution < 1.29 is 4.74 Å². The van der Waals surface area contributed by atoms with E-state index in [4.69, 9.17) is 4.74 Å². The van der Waals surface area contributed by atoms with Crippen LogP contribution in [-0.4, -0.2) is 37.7 Å². The second-order valence-corrected chi connectivity index (χ2v) is 5.98. The predicted octanol–water partition coefficient (Wildman–Crippen LogP) is 1.99. The number of amidine groups is 1. The van der Waals surface area contributed by atoms with Gasteiger partial charge in [-0.25, -0.2) is 0 Å². The van der Waals surface area contributed by atoms with Gasteiger partial charge in [0.1, 0.15) is 0 Å². The summed E-state index contributed by atoms with van der Waals surface area (Å²) in [5.74, 6) is 1.69. The number of ether oxygens (including phenoxy) is 1. The Balaban J connectivity index is 2.26. The molecule has 0 aromatic carbocycles. The third-order valence-electron chi connectivity index (χ3n) is 2.30. The summed E-state index contributed by atoms with van der Waals surface area (Å²) in [5, 5.41) is 4.47. The Morgan fingerprint density at radius 3 is 2.87 bits per heavy atom. The summed E-state index contributed by atoms with van der Waals surface area (Å²) in [5.41, 5.74) is 0.355. The molecule has 4 heteroatoms. The molecule has 1 aliphatic rings. The van der Waals surface area contributed by atoms with Crippen molar-refractivity contribution in [3.63, 3.8) is 0 Å². The number of nitrogens with zero attached hydrogens (tertiary/aromatic N) is 1. The van der Waals surface area contributed by atoms with Crippen LogP contribution in [0.25, 0.3) is 0 Å². The first-order chi connectivity index (χ1) is 7.03. The Kier molecular flexibility index (Phi) is 4.93. The third-order valence-corrected chi connectivity index (χ3v) is 3.78. The molecule has 15 heavy (non-hydrogen) atoms. The smallest absolute Gasteiger partial charge is 0.156 e. The van der Waals surface area contributed by atoms with E-state index >= 15 is 0 Å². The van der Waals surface area contributed by atoms with Gasteiger partial charge in [0.05, 0.1) is 6.61 Å². The average molecular weight is 230 g/mol. The SMILES string of the molecule is COCC(C)CNC1=NCC(C)(C)CS1. The van der Waals surface area contributed by atoms with Crippen molar-refractivity contribution in [2.24, 2.45) is 16.3 Å². The van der Waals surface area contributed by atoms with Crippen LogP contribution in [0.3, 0.4) is 0 Å². The van der Waals surface area contributed by atoms with E-state index < -0.39 is 0 Å². The van der Waals surface area contributed by atoms with Gasteiger partial charge in [0.2, 0.25) is 0 Å². The average Bonchev–Trinajstić information content (AvgIpc) is 2.17. The molecule has 0 radical (unpaired) electrons. The lowest BCUT2D eigenvalue weighted by Crippen LogP contribution is -2.34. The van der Waals surface area contributed by atoms with Gasteiger partial charge in [-0.2, -0.15) is 0 Å². The first-order valence-electron chi connectivity index (χ1n) is 5.43. The van der Waals surface area contributed by atoms with Crippen molar-refractivity contribution in [2.45, 2.75) is 20.8 Å². The fourth-order valence-corrected chi connectivity index (χ4v) is 2.31. The monoisotopic (exact) mass is 230 g/mol. The highest BCUT2D eigenvalue weighted by Crippen LogP contribution is 2.26. The molecule has 0 aromatic rings. The van der Waals surface area contributed by atoms with Gasteiger partial charge >= 0.3 is 0 Å². The van der Waals surface area contributed by atoms with Gasteiger partial charge in [0.15, 0.2) is 5.17 Å². The number of hydrogen-bond acceptors (Lipinski definition) is 4. The highest BCUT2D eigenvalue weighted by atomic mass is 32.2. The van der Waals surface area contributed by atoms with E-state index in [1.54, 1.807) is 7.11 Å². The van der Waals surface area contributed by atoms with E-state index in [0.29, 0.717) is 11.3 Å². The molecule has 88 valence electrons. The van der Waals surface area contributed by atoms with Crippen molar-refractivity contribution in [3.05, 3.63) is 0 Å². The summed E-state index contributed by atoms with van der Waals surface area (Å²) in [6, 6.07) is 0. The molecule has 1 N–H and O–H groups in total. The molecule has 1 aliphatic heterocycles. The minimum atomic E-state index is 0.355. The highest BCUT2D eigenvalue weighted by Gasteiger charge is 2.23. The Bertz CT molecular complexity index is 229. The molecule has 0 spiro atoms. The van der Waals surface area contributed by atoms with Gasteiger partial charge in [0.25, 0.3) is 0 Å². The first kappa shape index (κ1) is 12.8. The lowest BCUT2D eigenvalue weighted by molar-refractivity contribution is 0.161. The molecule has 0 aliphatic carbocycles. The minimum absolute atomic E-state index is 0.355. The second kappa shape index (κ2) is 5.75. The van der Waals surface area contributed by atoms with E-state index in [1.807, 2.05) is 11.8 Å². The number of methoxy groups -OCH3 is 1. The van der Waals surface area contributed by atoms with Crippen LogP contribution < -0.4 is 5.32 Å². The summed E-state index contributed by atoms with van der Waals surface area (Å²) >= 11 is 1.83. The molecule has 0 bridgehead atoms. The Hall–Kier alpha value is -0.220. The van der Waals surface area contributed by atoms with Crippen molar-refractivity contribution in [1.82, 2.24) is 5.32 Å². The lowest BCUT2D eigenvalue weighted by atomic mass is 9.97. The number of thioether (sulfide) groups is 1. The zero-order valence-electron chi connectivity index (χ0n) is 10.2. The largest absolute Gasteiger partial charge is 0.384 e. The molecule has 3 nitrogen and oxygen atoms in total. The molecule has 1 unspecified atom stereocenters. The quantitative estimate of drug-likeness (QED) is 0.802. The maximum absolute atomic E-state index is 5.09. The van der Waals surface area contributed by atoms with Crippen molar-refractivity contribution in [3.8, 4) is 0 Å². The fourth-order valence-electron chi connectivity index (χ4n) is 1.35. The molecular weight excluding hydrogens is 208 g/mol. The zero-order valence-corrected chi connectivity index (χ0v) is 11.0. The van der Waals surface area contributed by atoms with Crippen LogP contribution in [0.5, 0.6) is 0 Å². The van der Waals surface area contributed by atoms with Gasteiger partial charge < -0.3 is 10.1 Å². The van der Waals surface area contributed by atoms with Crippen molar-refractivity contribution in [1.29, 1.82) is 0 Å². The van der Waals surface area contributed by atoms with Gasteiger partial charge in [-0.1, -0.05) is 32.5 Å². The molecule has 1 heterocycles. The summed E-state index contributed by atoms with van der Waals surface area (Å²) < 4.78 is 5.09. The van der Waals surface area contributed by atoms with E-state index in [9.17, 15) is 0 Å². The van der Waals surface area contributed by atoms with Crippen LogP contribution in [-0.2, 0) is 4.74 Å². The molecule has 1 rings (SSSR count). The van der Waals surface area contributed by atoms with E-state index in [2.05, 4.69) is 31.1 Å². The van der Waals surface area contributed by atoms with E-state index in [-0.39, 0.29) is 0 Å². The number of nitrogens with one attached hydrogen (secondary N) is 1. The first-order valence-corrected chi connectivity index (χ1v) is 6.42. The van der Waals surface area contributed by atoms with Gasteiger partial charge in [-0.3, -0.25) is 4.99 Å². The topological polar surface area (TPSA) is 33.6 Å². The predicted molar refractivity (Wildman–Crippen MR) is 67.6 cm³/mol. The van der Waals surface area contributed by atoms with Gasteiger partial charge in [-0.05, 0) is 11.3 Å². The Labute approximate surface area is 97.1 Å². The Morgan fingerprint density at radius 2 is 2.33 bits per heavy atom. The molecular formula is C11H22N2OS. The molecule has 0 fully saturated rings. The molecule has 0 saturated heterocycles. The van der Waals surface area contributed by atoms with E-state index in [1.165, 1.54) is 0 Å². The van der Waals surface area contributed by atoms with Crippen LogP contribution in [0.2, 0.25) is 0 Å². The summed E-state index contributed by atoms with van der Waals surface area (Å²) in [4.78, 5) is 4.54. The molecule has 0 amide bonds. The van der Waals surface area contributed by atoms with Crippen LogP contribution in [0.15, 0.2) is 4.99 Å². The Morgan fingerprint density at radius 1 is 1.60 bits per heavy atom. The normalized spacial score (nSPS) is 22.0. The van der Waals surface area contributed by atoms with Crippen LogP contribution in [0.4, 0.5) is 0 Å². The minimum Gasteiger partial charge on any atom is -0.384 e. The zero-order chi connectivity index (χ0) is 11.3. The molecule has 0 aromatic heterocycles. The molecule has 1 atom stereocenters. The number of hydrogen-bond donors (Lipinski definition) is 1. The maximum Gasteiger partial charge on any atom is 0.156 e. The highest BCUT2D eigenvalue weighted by molar-refractivity contribution is 8.13. The van der Waals surface area contributed by atoms with Gasteiger partial charge in [-0.15, -0.1) is 0 Å². The number of rotatable bonds is 4. The summed E-state index contributed by atoms with van der Waals surface area (Å²) in [6.45, 7) is 9.37. The van der Waals surface area contributed by atoms with E-state index in [0.717, 1.165) is 30.6 Å². The van der Waals surface area contributed by atoms with Crippen LogP contribution >= 0.6 is 11.8 Å². The summed E-state index contributed by atoms with van der Waals surface area (Å²) in [7, 11) is 1.74. The fraction of sp³-hybridized carbons (Fsp3) is 0.909. The maximum atomic E-state index is 5.09. The lowest BCUT2D eigenvalue weighted by Gasteiger charge is -2.27. The second-order valence-electron chi connectivity index (χ2n) is 5.02. The molecule has 0 saturated carbocycles. The van der Waals surface area contributed by atoms with Crippen LogP contribution in [0.1, 0.15) is 20.8 Å². The van der Waals surface area contributed by atoms with Gasteiger partial charge in [0, 0.05) is 26.0 Å².